The van der Waals surface area contributed by atoms with Crippen molar-refractivity contribution in [1.29, 1.82) is 0 Å². The van der Waals surface area contributed by atoms with Gasteiger partial charge in [-0.1, -0.05) is 18.2 Å². The quantitative estimate of drug-likeness (QED) is 0.394. The topological polar surface area (TPSA) is 72.0 Å². The number of fused-ring (bicyclic) bond motifs is 1. The molecule has 0 radical (unpaired) electrons. The molecule has 2 aromatic heterocycles. The Morgan fingerprint density at radius 3 is 2.69 bits per heavy atom. The van der Waals surface area contributed by atoms with Crippen LogP contribution in [0.25, 0.3) is 10.9 Å². The first-order valence-corrected chi connectivity index (χ1v) is 8.56. The molecule has 0 aliphatic carbocycles. The third-order valence-electron chi connectivity index (χ3n) is 3.70. The molecule has 3 rings (SSSR count). The molecule has 0 spiro atoms. The molecule has 3 aromatic rings. The van der Waals surface area contributed by atoms with Crippen molar-refractivity contribution in [3.8, 4) is 0 Å². The van der Waals surface area contributed by atoms with Gasteiger partial charge in [-0.2, -0.15) is 8.78 Å². The Balaban J connectivity index is 1.78. The summed E-state index contributed by atoms with van der Waals surface area (Å²) >= 11 is 0.153. The molecule has 8 heteroatoms. The second-order valence-corrected chi connectivity index (χ2v) is 6.37. The first-order chi connectivity index (χ1) is 12.5. The predicted molar refractivity (Wildman–Crippen MR) is 93.6 cm³/mol. The van der Waals surface area contributed by atoms with Crippen LogP contribution in [0, 0.1) is 0 Å². The van der Waals surface area contributed by atoms with Crippen molar-refractivity contribution in [3.05, 3.63) is 59.9 Å². The number of benzene rings is 1. The number of pyridine rings is 1. The molecule has 134 valence electrons. The number of aromatic amines is 1. The number of hydrogen-bond acceptors (Lipinski definition) is 5. The second-order valence-electron chi connectivity index (χ2n) is 5.39. The minimum absolute atomic E-state index is 0.101. The van der Waals surface area contributed by atoms with Crippen molar-refractivity contribution >= 4 is 34.4 Å². The number of thioether (sulfide) groups is 1. The molecule has 0 aliphatic heterocycles. The summed E-state index contributed by atoms with van der Waals surface area (Å²) < 4.78 is 30.4. The van der Waals surface area contributed by atoms with Gasteiger partial charge in [0.1, 0.15) is 5.03 Å². The standard InChI is InChI=1S/C18H14F2N2O3S/c1-10(15(23)13-9-22-14-7-3-2-5-11(13)14)25-17(24)12-6-4-8-21-16(12)26-18(19)20/h2-10,18,22H,1H3/t10-/m0/s1. The van der Waals surface area contributed by atoms with Gasteiger partial charge < -0.3 is 9.72 Å². The van der Waals surface area contributed by atoms with Gasteiger partial charge in [-0.3, -0.25) is 4.79 Å². The Hall–Kier alpha value is -2.74. The highest BCUT2D eigenvalue weighted by Crippen LogP contribution is 2.27. The summed E-state index contributed by atoms with van der Waals surface area (Å²) in [6, 6.07) is 10.0. The van der Waals surface area contributed by atoms with Gasteiger partial charge in [0.15, 0.2) is 6.10 Å². The summed E-state index contributed by atoms with van der Waals surface area (Å²) in [5, 5.41) is 0.579. The Morgan fingerprint density at radius 2 is 1.92 bits per heavy atom. The van der Waals surface area contributed by atoms with Gasteiger partial charge in [-0.15, -0.1) is 0 Å². The molecule has 0 bridgehead atoms. The molecule has 1 aromatic carbocycles. The van der Waals surface area contributed by atoms with E-state index in [1.807, 2.05) is 12.1 Å². The number of carbonyl (C=O) groups is 2. The highest BCUT2D eigenvalue weighted by Gasteiger charge is 2.25. The molecule has 1 atom stereocenters. The highest BCUT2D eigenvalue weighted by atomic mass is 32.2. The van der Waals surface area contributed by atoms with Crippen LogP contribution in [0.15, 0.2) is 53.8 Å². The maximum Gasteiger partial charge on any atom is 0.341 e. The first-order valence-electron chi connectivity index (χ1n) is 7.68. The molecule has 0 saturated carbocycles. The zero-order chi connectivity index (χ0) is 18.7. The lowest BCUT2D eigenvalue weighted by Crippen LogP contribution is -2.24. The summed E-state index contributed by atoms with van der Waals surface area (Å²) in [5.41, 5.74) is 1.09. The van der Waals surface area contributed by atoms with Gasteiger partial charge in [-0.25, -0.2) is 9.78 Å². The summed E-state index contributed by atoms with van der Waals surface area (Å²) in [6.07, 6.45) is 1.79. The lowest BCUT2D eigenvalue weighted by Gasteiger charge is -2.13. The number of aromatic nitrogens is 2. The van der Waals surface area contributed by atoms with Crippen LogP contribution in [0.3, 0.4) is 0 Å². The molecule has 0 aliphatic rings. The van der Waals surface area contributed by atoms with E-state index in [9.17, 15) is 18.4 Å². The fraction of sp³-hybridized carbons (Fsp3) is 0.167. The van der Waals surface area contributed by atoms with Crippen molar-refractivity contribution in [2.24, 2.45) is 0 Å². The van der Waals surface area contributed by atoms with E-state index < -0.39 is 17.8 Å². The molecular formula is C18H14F2N2O3S. The molecule has 26 heavy (non-hydrogen) atoms. The number of halogens is 2. The minimum Gasteiger partial charge on any atom is -0.451 e. The van der Waals surface area contributed by atoms with E-state index >= 15 is 0 Å². The number of nitrogens with one attached hydrogen (secondary N) is 1. The number of hydrogen-bond donors (Lipinski definition) is 1. The van der Waals surface area contributed by atoms with Crippen LogP contribution in [-0.2, 0) is 4.74 Å². The maximum absolute atomic E-state index is 12.6. The number of ketones is 1. The number of Topliss-reactive ketones (excluding diaryl/α,β-unsaturated/α-hetero) is 1. The fourth-order valence-electron chi connectivity index (χ4n) is 2.50. The van der Waals surface area contributed by atoms with E-state index in [1.54, 1.807) is 18.3 Å². The van der Waals surface area contributed by atoms with Crippen LogP contribution in [0.1, 0.15) is 27.6 Å². The highest BCUT2D eigenvalue weighted by molar-refractivity contribution is 7.99. The van der Waals surface area contributed by atoms with Crippen LogP contribution >= 0.6 is 11.8 Å². The Morgan fingerprint density at radius 1 is 1.15 bits per heavy atom. The van der Waals surface area contributed by atoms with Gasteiger partial charge in [-0.05, 0) is 36.9 Å². The minimum atomic E-state index is -2.72. The smallest absolute Gasteiger partial charge is 0.341 e. The number of nitrogens with zero attached hydrogens (tertiary/aromatic N) is 1. The van der Waals surface area contributed by atoms with Crippen LogP contribution < -0.4 is 0 Å². The van der Waals surface area contributed by atoms with Crippen LogP contribution in [0.5, 0.6) is 0 Å². The molecule has 0 amide bonds. The number of rotatable bonds is 6. The molecule has 1 N–H and O–H groups in total. The molecule has 2 heterocycles. The third-order valence-corrected chi connectivity index (χ3v) is 4.43. The average Bonchev–Trinajstić information content (AvgIpc) is 3.05. The maximum atomic E-state index is 12.6. The largest absolute Gasteiger partial charge is 0.451 e. The number of alkyl halides is 2. The molecule has 0 fully saturated rings. The second kappa shape index (κ2) is 7.65. The zero-order valence-electron chi connectivity index (χ0n) is 13.6. The average molecular weight is 376 g/mol. The van der Waals surface area contributed by atoms with Crippen LogP contribution in [-0.4, -0.2) is 33.6 Å². The van der Waals surface area contributed by atoms with E-state index in [4.69, 9.17) is 4.74 Å². The summed E-state index contributed by atoms with van der Waals surface area (Å²) in [5.74, 6) is -3.98. The van der Waals surface area contributed by atoms with E-state index in [-0.39, 0.29) is 28.1 Å². The van der Waals surface area contributed by atoms with E-state index in [2.05, 4.69) is 9.97 Å². The molecular weight excluding hydrogens is 362 g/mol. The fourth-order valence-corrected chi connectivity index (χ4v) is 3.07. The lowest BCUT2D eigenvalue weighted by atomic mass is 10.1. The van der Waals surface area contributed by atoms with Crippen molar-refractivity contribution in [2.75, 3.05) is 0 Å². The summed E-state index contributed by atoms with van der Waals surface area (Å²) in [6.45, 7) is 1.44. The summed E-state index contributed by atoms with van der Waals surface area (Å²) in [7, 11) is 0. The molecule has 0 unspecified atom stereocenters. The van der Waals surface area contributed by atoms with E-state index in [1.165, 1.54) is 25.3 Å². The van der Waals surface area contributed by atoms with Gasteiger partial charge in [0.05, 0.1) is 5.56 Å². The summed E-state index contributed by atoms with van der Waals surface area (Å²) in [4.78, 5) is 31.7. The number of ether oxygens (including phenoxy) is 1. The predicted octanol–water partition coefficient (Wildman–Crippen LogP) is 4.31. The van der Waals surface area contributed by atoms with Crippen LogP contribution in [0.4, 0.5) is 8.78 Å². The number of H-pyrrole nitrogens is 1. The zero-order valence-corrected chi connectivity index (χ0v) is 14.4. The van der Waals surface area contributed by atoms with Crippen molar-refractivity contribution in [3.63, 3.8) is 0 Å². The molecule has 0 saturated heterocycles. The SMILES string of the molecule is C[C@H](OC(=O)c1cccnc1SC(F)F)C(=O)c1c[nH]c2ccccc12. The van der Waals surface area contributed by atoms with Gasteiger partial charge in [0.2, 0.25) is 5.78 Å². The van der Waals surface area contributed by atoms with E-state index in [0.29, 0.717) is 5.56 Å². The van der Waals surface area contributed by atoms with Crippen molar-refractivity contribution in [2.45, 2.75) is 23.8 Å². The first kappa shape index (κ1) is 18.1. The third kappa shape index (κ3) is 3.75. The van der Waals surface area contributed by atoms with Gasteiger partial charge in [0, 0.05) is 28.9 Å². The Bertz CT molecular complexity index is 958. The Kier molecular flexibility index (Phi) is 5.32. The number of carbonyl (C=O) groups excluding carboxylic acids is 2. The van der Waals surface area contributed by atoms with Crippen LogP contribution in [0.2, 0.25) is 0 Å². The Labute approximate surface area is 151 Å². The lowest BCUT2D eigenvalue weighted by molar-refractivity contribution is 0.0315. The normalized spacial score (nSPS) is 12.3. The monoisotopic (exact) mass is 376 g/mol. The van der Waals surface area contributed by atoms with E-state index in [0.717, 1.165) is 10.9 Å². The number of para-hydroxylation sites is 1. The number of esters is 1. The van der Waals surface area contributed by atoms with Gasteiger partial charge >= 0.3 is 5.97 Å². The van der Waals surface area contributed by atoms with Crippen molar-refractivity contribution in [1.82, 2.24) is 9.97 Å². The van der Waals surface area contributed by atoms with Gasteiger partial charge in [0.25, 0.3) is 5.76 Å². The molecule has 5 nitrogen and oxygen atoms in total. The van der Waals surface area contributed by atoms with Crippen molar-refractivity contribution < 1.29 is 23.1 Å².